The lowest BCUT2D eigenvalue weighted by molar-refractivity contribution is 0.150. The summed E-state index contributed by atoms with van der Waals surface area (Å²) in [5.74, 6) is 1.24. The smallest absolute Gasteiger partial charge is 0.231 e. The van der Waals surface area contributed by atoms with Crippen LogP contribution < -0.4 is 9.47 Å². The number of hydrogen-bond acceptors (Lipinski definition) is 3. The second kappa shape index (κ2) is 2.80. The summed E-state index contributed by atoms with van der Waals surface area (Å²) in [5, 5.41) is 10.6. The number of aliphatic hydroxyl groups is 1. The molecule has 1 saturated carbocycles. The van der Waals surface area contributed by atoms with E-state index in [1.165, 1.54) is 0 Å². The average Bonchev–Trinajstić information content (AvgIpc) is 2.75. The van der Waals surface area contributed by atoms with E-state index in [4.69, 9.17) is 21.1 Å². The summed E-state index contributed by atoms with van der Waals surface area (Å²) in [5.41, 5.74) is 1.03. The van der Waals surface area contributed by atoms with E-state index in [1.54, 1.807) is 0 Å². The molecule has 1 aliphatic heterocycles. The molecule has 15 heavy (non-hydrogen) atoms. The molecule has 3 rings (SSSR count). The Bertz CT molecular complexity index is 438. The van der Waals surface area contributed by atoms with E-state index in [0.717, 1.165) is 24.0 Å². The van der Waals surface area contributed by atoms with Crippen molar-refractivity contribution >= 4 is 11.6 Å². The first-order valence-electron chi connectivity index (χ1n) is 4.93. The van der Waals surface area contributed by atoms with Crippen LogP contribution in [0, 0.1) is 6.92 Å². The zero-order chi connectivity index (χ0) is 10.6. The molecule has 0 radical (unpaired) electrons. The molecule has 0 atom stereocenters. The molecule has 1 aliphatic carbocycles. The second-order valence-corrected chi connectivity index (χ2v) is 4.53. The van der Waals surface area contributed by atoms with Crippen LogP contribution in [0.3, 0.4) is 0 Å². The fourth-order valence-electron chi connectivity index (χ4n) is 2.06. The maximum absolute atomic E-state index is 10.1. The number of benzene rings is 1. The SMILES string of the molecule is Cc1cc2c(c(Cl)c1C1(O)CC1)OCO2. The van der Waals surface area contributed by atoms with Crippen molar-refractivity contribution < 1.29 is 14.6 Å². The predicted molar refractivity (Wildman–Crippen MR) is 55.4 cm³/mol. The number of halogens is 1. The van der Waals surface area contributed by atoms with Crippen LogP contribution >= 0.6 is 11.6 Å². The lowest BCUT2D eigenvalue weighted by atomic mass is 10.0. The fraction of sp³-hybridized carbons (Fsp3) is 0.455. The first-order chi connectivity index (χ1) is 7.12. The normalized spacial score (nSPS) is 20.5. The summed E-state index contributed by atoms with van der Waals surface area (Å²) in [7, 11) is 0. The van der Waals surface area contributed by atoms with Gasteiger partial charge in [-0.3, -0.25) is 0 Å². The van der Waals surface area contributed by atoms with Gasteiger partial charge in [0.05, 0.1) is 10.6 Å². The molecule has 4 heteroatoms. The van der Waals surface area contributed by atoms with Crippen LogP contribution in [0.5, 0.6) is 11.5 Å². The van der Waals surface area contributed by atoms with Gasteiger partial charge in [-0.25, -0.2) is 0 Å². The van der Waals surface area contributed by atoms with Crippen molar-refractivity contribution in [3.8, 4) is 11.5 Å². The highest BCUT2D eigenvalue weighted by atomic mass is 35.5. The summed E-state index contributed by atoms with van der Waals surface area (Å²) >= 11 is 6.22. The molecule has 80 valence electrons. The lowest BCUT2D eigenvalue weighted by Crippen LogP contribution is -2.08. The molecule has 1 aromatic carbocycles. The van der Waals surface area contributed by atoms with Gasteiger partial charge in [0.25, 0.3) is 0 Å². The summed E-state index contributed by atoms with van der Waals surface area (Å²) in [6.07, 6.45) is 1.54. The number of ether oxygens (including phenoxy) is 2. The molecule has 0 aromatic heterocycles. The molecule has 0 saturated heterocycles. The minimum Gasteiger partial charge on any atom is -0.454 e. The van der Waals surface area contributed by atoms with Gasteiger partial charge in [0, 0.05) is 5.56 Å². The van der Waals surface area contributed by atoms with E-state index in [2.05, 4.69) is 0 Å². The van der Waals surface area contributed by atoms with Crippen LogP contribution in [0.25, 0.3) is 0 Å². The molecule has 2 aliphatic rings. The van der Waals surface area contributed by atoms with Gasteiger partial charge in [-0.1, -0.05) is 11.6 Å². The molecule has 3 nitrogen and oxygen atoms in total. The van der Waals surface area contributed by atoms with Crippen LogP contribution in [-0.2, 0) is 5.60 Å². The number of aryl methyl sites for hydroxylation is 1. The van der Waals surface area contributed by atoms with Crippen molar-refractivity contribution in [3.05, 3.63) is 22.2 Å². The van der Waals surface area contributed by atoms with Crippen molar-refractivity contribution in [3.63, 3.8) is 0 Å². The summed E-state index contributed by atoms with van der Waals surface area (Å²) in [4.78, 5) is 0. The Kier molecular flexibility index (Phi) is 1.74. The first-order valence-corrected chi connectivity index (χ1v) is 5.31. The third-order valence-corrected chi connectivity index (χ3v) is 3.35. The molecule has 0 amide bonds. The number of hydrogen-bond donors (Lipinski definition) is 1. The largest absolute Gasteiger partial charge is 0.454 e. The van der Waals surface area contributed by atoms with E-state index in [-0.39, 0.29) is 6.79 Å². The standard InChI is InChI=1S/C11H11ClO3/c1-6-4-7-10(15-5-14-7)9(12)8(6)11(13)2-3-11/h4,13H,2-3,5H2,1H3. The zero-order valence-corrected chi connectivity index (χ0v) is 9.10. The predicted octanol–water partition coefficient (Wildman–Crippen LogP) is 2.36. The summed E-state index contributed by atoms with van der Waals surface area (Å²) < 4.78 is 10.5. The van der Waals surface area contributed by atoms with Crippen LogP contribution in [-0.4, -0.2) is 11.9 Å². The Morgan fingerprint density at radius 3 is 2.80 bits per heavy atom. The van der Waals surface area contributed by atoms with Gasteiger partial charge in [0.15, 0.2) is 11.5 Å². The Hall–Kier alpha value is -0.930. The van der Waals surface area contributed by atoms with E-state index in [1.807, 2.05) is 13.0 Å². The molecule has 1 aromatic rings. The zero-order valence-electron chi connectivity index (χ0n) is 8.34. The minimum atomic E-state index is -0.734. The van der Waals surface area contributed by atoms with Gasteiger partial charge >= 0.3 is 0 Å². The molecular weight excluding hydrogens is 216 g/mol. The summed E-state index contributed by atoms with van der Waals surface area (Å²) in [6.45, 7) is 2.13. The fourth-order valence-corrected chi connectivity index (χ4v) is 2.54. The van der Waals surface area contributed by atoms with Gasteiger partial charge in [0.1, 0.15) is 0 Å². The molecule has 1 heterocycles. The Labute approximate surface area is 92.6 Å². The Morgan fingerprint density at radius 2 is 2.13 bits per heavy atom. The van der Waals surface area contributed by atoms with Crippen molar-refractivity contribution in [1.29, 1.82) is 0 Å². The average molecular weight is 227 g/mol. The Morgan fingerprint density at radius 1 is 1.40 bits per heavy atom. The Balaban J connectivity index is 2.22. The van der Waals surface area contributed by atoms with E-state index < -0.39 is 5.60 Å². The number of fused-ring (bicyclic) bond motifs is 1. The maximum Gasteiger partial charge on any atom is 0.231 e. The topological polar surface area (TPSA) is 38.7 Å². The lowest BCUT2D eigenvalue weighted by Gasteiger charge is -2.15. The van der Waals surface area contributed by atoms with Gasteiger partial charge in [0.2, 0.25) is 6.79 Å². The highest BCUT2D eigenvalue weighted by molar-refractivity contribution is 6.33. The van der Waals surface area contributed by atoms with Gasteiger partial charge < -0.3 is 14.6 Å². The second-order valence-electron chi connectivity index (χ2n) is 4.15. The van der Waals surface area contributed by atoms with Crippen molar-refractivity contribution in [2.24, 2.45) is 0 Å². The highest BCUT2D eigenvalue weighted by Gasteiger charge is 2.46. The minimum absolute atomic E-state index is 0.205. The van der Waals surface area contributed by atoms with Crippen LogP contribution in [0.4, 0.5) is 0 Å². The molecular formula is C11H11ClO3. The van der Waals surface area contributed by atoms with Crippen LogP contribution in [0.15, 0.2) is 6.07 Å². The molecule has 1 fully saturated rings. The molecule has 1 N–H and O–H groups in total. The maximum atomic E-state index is 10.1. The summed E-state index contributed by atoms with van der Waals surface area (Å²) in [6, 6.07) is 1.87. The van der Waals surface area contributed by atoms with E-state index in [9.17, 15) is 5.11 Å². The third-order valence-electron chi connectivity index (χ3n) is 2.99. The number of rotatable bonds is 1. The van der Waals surface area contributed by atoms with Crippen LogP contribution in [0.2, 0.25) is 5.02 Å². The van der Waals surface area contributed by atoms with Crippen molar-refractivity contribution in [2.45, 2.75) is 25.4 Å². The van der Waals surface area contributed by atoms with Crippen molar-refractivity contribution in [2.75, 3.05) is 6.79 Å². The highest BCUT2D eigenvalue weighted by Crippen LogP contribution is 2.54. The third kappa shape index (κ3) is 1.23. The monoisotopic (exact) mass is 226 g/mol. The van der Waals surface area contributed by atoms with Crippen LogP contribution in [0.1, 0.15) is 24.0 Å². The van der Waals surface area contributed by atoms with Gasteiger partial charge in [-0.2, -0.15) is 0 Å². The van der Waals surface area contributed by atoms with Gasteiger partial charge in [-0.15, -0.1) is 0 Å². The first kappa shape index (κ1) is 9.31. The quantitative estimate of drug-likeness (QED) is 0.799. The van der Waals surface area contributed by atoms with E-state index in [0.29, 0.717) is 16.5 Å². The van der Waals surface area contributed by atoms with Crippen molar-refractivity contribution in [1.82, 2.24) is 0 Å². The molecule has 0 bridgehead atoms. The van der Waals surface area contributed by atoms with E-state index >= 15 is 0 Å². The molecule has 0 unspecified atom stereocenters. The van der Waals surface area contributed by atoms with Gasteiger partial charge in [-0.05, 0) is 31.4 Å². The molecule has 0 spiro atoms.